The first kappa shape index (κ1) is 22.2. The molecule has 4 nitrogen and oxygen atoms in total. The van der Waals surface area contributed by atoms with Gasteiger partial charge in [-0.15, -0.1) is 0 Å². The van der Waals surface area contributed by atoms with Gasteiger partial charge in [-0.05, 0) is 74.5 Å². The highest BCUT2D eigenvalue weighted by Crippen LogP contribution is 2.43. The van der Waals surface area contributed by atoms with Crippen LogP contribution in [0.1, 0.15) is 71.1 Å². The summed E-state index contributed by atoms with van der Waals surface area (Å²) in [6.07, 6.45) is 11.4. The Morgan fingerprint density at radius 2 is 1.81 bits per heavy atom. The summed E-state index contributed by atoms with van der Waals surface area (Å²) in [6, 6.07) is 5.56. The zero-order valence-electron chi connectivity index (χ0n) is 19.7. The van der Waals surface area contributed by atoms with Gasteiger partial charge in [-0.2, -0.15) is 0 Å². The van der Waals surface area contributed by atoms with E-state index in [9.17, 15) is 4.79 Å². The number of amides is 1. The molecule has 1 aromatic rings. The van der Waals surface area contributed by atoms with Gasteiger partial charge >= 0.3 is 0 Å². The molecule has 0 radical (unpaired) electrons. The van der Waals surface area contributed by atoms with Crippen molar-refractivity contribution in [2.75, 3.05) is 42.6 Å². The minimum Gasteiger partial charge on any atom is -0.381 e. The first-order valence-electron chi connectivity index (χ1n) is 13.0. The molecule has 4 aliphatic rings. The second kappa shape index (κ2) is 9.32. The molecule has 1 aliphatic carbocycles. The predicted molar refractivity (Wildman–Crippen MR) is 127 cm³/mol. The van der Waals surface area contributed by atoms with Crippen LogP contribution in [0.3, 0.4) is 0 Å². The van der Waals surface area contributed by atoms with Gasteiger partial charge in [-0.1, -0.05) is 32.6 Å². The van der Waals surface area contributed by atoms with E-state index < -0.39 is 0 Å². The Labute approximate surface area is 192 Å². The zero-order valence-corrected chi connectivity index (χ0v) is 19.7. The molecule has 1 saturated carbocycles. The first-order valence-corrected chi connectivity index (χ1v) is 13.0. The smallest absolute Gasteiger partial charge is 0.233 e. The number of benzene rings is 1. The van der Waals surface area contributed by atoms with E-state index in [1.54, 1.807) is 11.0 Å². The van der Waals surface area contributed by atoms with Gasteiger partial charge in [0.05, 0.1) is 11.1 Å². The van der Waals surface area contributed by atoms with E-state index in [1.165, 1.54) is 38.5 Å². The Morgan fingerprint density at radius 3 is 2.62 bits per heavy atom. The molecule has 5 rings (SSSR count). The Balaban J connectivity index is 1.29. The summed E-state index contributed by atoms with van der Waals surface area (Å²) in [4.78, 5) is 17.5. The van der Waals surface area contributed by atoms with Gasteiger partial charge in [-0.3, -0.25) is 4.79 Å². The Hall–Kier alpha value is -1.62. The topological polar surface area (TPSA) is 32.8 Å². The standard InChI is InChI=1S/C27H39FN2O2/c1-20-6-3-2-4-7-23(20)21-10-15-29(19-21)22-8-9-25(24(28)18-22)30-14-5-11-27(26(30)31)12-16-32-17-13-27/h8-9,18,20-21,23H,2-7,10-17,19H2,1H3. The average molecular weight is 443 g/mol. The fourth-order valence-corrected chi connectivity index (χ4v) is 7.03. The van der Waals surface area contributed by atoms with Crippen LogP contribution in [0.2, 0.25) is 0 Å². The molecule has 3 atom stereocenters. The molecule has 3 saturated heterocycles. The van der Waals surface area contributed by atoms with E-state index in [1.807, 2.05) is 12.1 Å². The highest BCUT2D eigenvalue weighted by atomic mass is 19.1. The van der Waals surface area contributed by atoms with E-state index in [0.29, 0.717) is 25.4 Å². The fraction of sp³-hybridized carbons (Fsp3) is 0.741. The van der Waals surface area contributed by atoms with Gasteiger partial charge in [0.25, 0.3) is 0 Å². The SMILES string of the molecule is CC1CCCCCC1C1CCN(c2ccc(N3CCCC4(CCOCC4)C3=O)c(F)c2)C1. The number of piperidine rings is 1. The number of rotatable bonds is 3. The summed E-state index contributed by atoms with van der Waals surface area (Å²) in [6.45, 7) is 6.38. The second-order valence-corrected chi connectivity index (χ2v) is 10.9. The fourth-order valence-electron chi connectivity index (χ4n) is 7.03. The molecule has 1 aromatic carbocycles. The molecule has 176 valence electrons. The lowest BCUT2D eigenvalue weighted by atomic mass is 9.73. The van der Waals surface area contributed by atoms with Crippen molar-refractivity contribution >= 4 is 17.3 Å². The molecule has 5 heteroatoms. The second-order valence-electron chi connectivity index (χ2n) is 10.9. The Kier molecular flexibility index (Phi) is 6.46. The van der Waals surface area contributed by atoms with Crippen molar-refractivity contribution in [1.29, 1.82) is 0 Å². The third-order valence-electron chi connectivity index (χ3n) is 9.03. The maximum absolute atomic E-state index is 15.3. The van der Waals surface area contributed by atoms with Crippen LogP contribution in [-0.2, 0) is 9.53 Å². The summed E-state index contributed by atoms with van der Waals surface area (Å²) >= 11 is 0. The van der Waals surface area contributed by atoms with E-state index in [4.69, 9.17) is 4.74 Å². The van der Waals surface area contributed by atoms with E-state index >= 15 is 4.39 Å². The third-order valence-corrected chi connectivity index (χ3v) is 9.03. The number of carbonyl (C=O) groups excluding carboxylic acids is 1. The maximum atomic E-state index is 15.3. The van der Waals surface area contributed by atoms with Gasteiger partial charge in [0.2, 0.25) is 5.91 Å². The lowest BCUT2D eigenvalue weighted by Gasteiger charge is -2.43. The van der Waals surface area contributed by atoms with Crippen LogP contribution in [0.4, 0.5) is 15.8 Å². The highest BCUT2D eigenvalue weighted by Gasteiger charge is 2.45. The molecule has 32 heavy (non-hydrogen) atoms. The minimum atomic E-state index is -0.348. The summed E-state index contributed by atoms with van der Waals surface area (Å²) in [5.74, 6) is 2.19. The molecule has 1 amide bonds. The Bertz CT molecular complexity index is 816. The van der Waals surface area contributed by atoms with Crippen molar-refractivity contribution in [3.05, 3.63) is 24.0 Å². The van der Waals surface area contributed by atoms with E-state index in [-0.39, 0.29) is 17.1 Å². The molecular formula is C27H39FN2O2. The molecular weight excluding hydrogens is 403 g/mol. The average Bonchev–Trinajstić information content (AvgIpc) is 3.19. The van der Waals surface area contributed by atoms with Gasteiger partial charge in [0.1, 0.15) is 5.82 Å². The molecule has 1 spiro atoms. The molecule has 3 aliphatic heterocycles. The predicted octanol–water partition coefficient (Wildman–Crippen LogP) is 5.79. The lowest BCUT2D eigenvalue weighted by molar-refractivity contribution is -0.136. The van der Waals surface area contributed by atoms with Crippen molar-refractivity contribution in [2.45, 2.75) is 71.1 Å². The minimum absolute atomic E-state index is 0.0993. The molecule has 3 unspecified atom stereocenters. The number of nitrogens with zero attached hydrogens (tertiary/aromatic N) is 2. The van der Waals surface area contributed by atoms with Crippen molar-refractivity contribution in [2.24, 2.45) is 23.2 Å². The summed E-state index contributed by atoms with van der Waals surface area (Å²) in [5.41, 5.74) is 1.08. The molecule has 0 bridgehead atoms. The maximum Gasteiger partial charge on any atom is 0.233 e. The van der Waals surface area contributed by atoms with Crippen LogP contribution in [0, 0.1) is 29.0 Å². The number of hydrogen-bond donors (Lipinski definition) is 0. The lowest BCUT2D eigenvalue weighted by Crippen LogP contribution is -2.51. The summed E-state index contributed by atoms with van der Waals surface area (Å²) in [5, 5.41) is 0. The third kappa shape index (κ3) is 4.18. The summed E-state index contributed by atoms with van der Waals surface area (Å²) in [7, 11) is 0. The highest BCUT2D eigenvalue weighted by molar-refractivity contribution is 5.98. The number of hydrogen-bond acceptors (Lipinski definition) is 3. The first-order chi connectivity index (χ1) is 15.6. The molecule has 4 fully saturated rings. The van der Waals surface area contributed by atoms with E-state index in [2.05, 4.69) is 11.8 Å². The number of ether oxygens (including phenoxy) is 1. The number of anilines is 2. The molecule has 3 heterocycles. The van der Waals surface area contributed by atoms with Crippen molar-refractivity contribution in [1.82, 2.24) is 0 Å². The van der Waals surface area contributed by atoms with Crippen LogP contribution in [-0.4, -0.2) is 38.8 Å². The van der Waals surface area contributed by atoms with Gasteiger partial charge in [-0.25, -0.2) is 4.39 Å². The Morgan fingerprint density at radius 1 is 1.00 bits per heavy atom. The van der Waals surface area contributed by atoms with Crippen molar-refractivity contribution in [3.63, 3.8) is 0 Å². The van der Waals surface area contributed by atoms with Gasteiger partial charge in [0, 0.05) is 38.5 Å². The largest absolute Gasteiger partial charge is 0.381 e. The molecule has 0 N–H and O–H groups in total. The van der Waals surface area contributed by atoms with E-state index in [0.717, 1.165) is 62.2 Å². The van der Waals surface area contributed by atoms with Crippen molar-refractivity contribution < 1.29 is 13.9 Å². The van der Waals surface area contributed by atoms with Gasteiger partial charge in [0.15, 0.2) is 0 Å². The van der Waals surface area contributed by atoms with Crippen LogP contribution < -0.4 is 9.80 Å². The van der Waals surface area contributed by atoms with Crippen molar-refractivity contribution in [3.8, 4) is 0 Å². The van der Waals surface area contributed by atoms with Crippen LogP contribution in [0.25, 0.3) is 0 Å². The zero-order chi connectivity index (χ0) is 22.1. The normalized spacial score (nSPS) is 31.2. The van der Waals surface area contributed by atoms with Gasteiger partial charge < -0.3 is 14.5 Å². The quantitative estimate of drug-likeness (QED) is 0.555. The molecule has 0 aromatic heterocycles. The number of carbonyl (C=O) groups is 1. The van der Waals surface area contributed by atoms with Crippen LogP contribution in [0.5, 0.6) is 0 Å². The number of halogens is 1. The van der Waals surface area contributed by atoms with Crippen LogP contribution in [0.15, 0.2) is 18.2 Å². The van der Waals surface area contributed by atoms with Crippen LogP contribution >= 0.6 is 0 Å². The monoisotopic (exact) mass is 442 g/mol. The summed E-state index contributed by atoms with van der Waals surface area (Å²) < 4.78 is 20.8.